The molecule has 0 spiro atoms. The van der Waals surface area contributed by atoms with Crippen LogP contribution in [0.4, 0.5) is 5.69 Å². The molecule has 7 heteroatoms. The number of methoxy groups -OCH3 is 1. The molecule has 1 amide bonds. The van der Waals surface area contributed by atoms with E-state index in [0.717, 1.165) is 51.9 Å². The van der Waals surface area contributed by atoms with Gasteiger partial charge >= 0.3 is 5.97 Å². The predicted octanol–water partition coefficient (Wildman–Crippen LogP) is 5.98. The highest BCUT2D eigenvalue weighted by molar-refractivity contribution is 7.10. The number of rotatable bonds is 6. The molecule has 2 aromatic heterocycles. The fourth-order valence-electron chi connectivity index (χ4n) is 4.39. The number of hydrogen-bond acceptors (Lipinski definition) is 6. The molecular formula is C28H24N2O4S. The van der Waals surface area contributed by atoms with E-state index in [-0.39, 0.29) is 0 Å². The summed E-state index contributed by atoms with van der Waals surface area (Å²) >= 11 is 1.67. The molecule has 0 bridgehead atoms. The first-order valence-corrected chi connectivity index (χ1v) is 12.3. The molecule has 35 heavy (non-hydrogen) atoms. The van der Waals surface area contributed by atoms with Crippen molar-refractivity contribution in [3.05, 3.63) is 87.7 Å². The molecule has 0 radical (unpaired) electrons. The Morgan fingerprint density at radius 3 is 2.71 bits per heavy atom. The molecule has 0 saturated heterocycles. The number of esters is 1. The van der Waals surface area contributed by atoms with Crippen molar-refractivity contribution in [2.45, 2.75) is 19.3 Å². The second-order valence-corrected chi connectivity index (χ2v) is 9.17. The van der Waals surface area contributed by atoms with Gasteiger partial charge in [-0.3, -0.25) is 4.79 Å². The van der Waals surface area contributed by atoms with Crippen LogP contribution in [0.2, 0.25) is 0 Å². The van der Waals surface area contributed by atoms with Crippen LogP contribution in [-0.2, 0) is 16.0 Å². The highest BCUT2D eigenvalue weighted by Crippen LogP contribution is 2.37. The number of para-hydroxylation sites is 3. The monoisotopic (exact) mass is 484 g/mol. The smallest absolute Gasteiger partial charge is 0.339 e. The number of anilines is 1. The summed E-state index contributed by atoms with van der Waals surface area (Å²) in [5.74, 6) is -0.424. The van der Waals surface area contributed by atoms with Crippen LogP contribution in [0.1, 0.15) is 39.3 Å². The molecule has 1 aliphatic carbocycles. The number of aromatic nitrogens is 1. The maximum atomic E-state index is 13.4. The summed E-state index contributed by atoms with van der Waals surface area (Å²) in [6.07, 6.45) is 4.69. The van der Waals surface area contributed by atoms with E-state index in [9.17, 15) is 9.59 Å². The fraction of sp³-hybridized carbons (Fsp3) is 0.179. The third kappa shape index (κ3) is 4.81. The van der Waals surface area contributed by atoms with Gasteiger partial charge in [0.05, 0.1) is 29.6 Å². The van der Waals surface area contributed by atoms with E-state index in [0.29, 0.717) is 17.0 Å². The van der Waals surface area contributed by atoms with Gasteiger partial charge < -0.3 is 14.8 Å². The zero-order chi connectivity index (χ0) is 24.2. The fourth-order valence-corrected chi connectivity index (χ4v) is 5.07. The number of pyridine rings is 1. The normalized spacial score (nSPS) is 13.9. The Kier molecular flexibility index (Phi) is 6.59. The van der Waals surface area contributed by atoms with Gasteiger partial charge in [-0.05, 0) is 66.1 Å². The first kappa shape index (κ1) is 22.8. The minimum atomic E-state index is -0.521. The van der Waals surface area contributed by atoms with Gasteiger partial charge in [-0.15, -0.1) is 11.3 Å². The van der Waals surface area contributed by atoms with Crippen molar-refractivity contribution in [3.63, 3.8) is 0 Å². The molecule has 0 fully saturated rings. The third-order valence-electron chi connectivity index (χ3n) is 5.95. The maximum absolute atomic E-state index is 13.4. The molecule has 0 saturated carbocycles. The molecule has 2 aromatic carbocycles. The summed E-state index contributed by atoms with van der Waals surface area (Å²) in [6.45, 7) is -0.403. The Bertz CT molecular complexity index is 1430. The highest BCUT2D eigenvalue weighted by Gasteiger charge is 2.26. The Hall–Kier alpha value is -3.97. The number of nitrogens with one attached hydrogen (secondary N) is 1. The second kappa shape index (κ2) is 10.1. The van der Waals surface area contributed by atoms with Crippen LogP contribution < -0.4 is 10.1 Å². The van der Waals surface area contributed by atoms with Crippen LogP contribution >= 0.6 is 11.3 Å². The Balaban J connectivity index is 1.44. The molecule has 4 aromatic rings. The summed E-state index contributed by atoms with van der Waals surface area (Å²) in [5.41, 5.74) is 4.58. The average Bonchev–Trinajstić information content (AvgIpc) is 3.40. The number of fused-ring (bicyclic) bond motifs is 2. The number of allylic oxidation sites excluding steroid dienone is 1. The number of thiophene rings is 1. The molecule has 0 aliphatic heterocycles. The lowest BCUT2D eigenvalue weighted by molar-refractivity contribution is -0.119. The van der Waals surface area contributed by atoms with E-state index in [1.807, 2.05) is 41.8 Å². The van der Waals surface area contributed by atoms with Gasteiger partial charge in [0.25, 0.3) is 5.91 Å². The van der Waals surface area contributed by atoms with E-state index in [1.165, 1.54) is 7.11 Å². The molecule has 0 atom stereocenters. The van der Waals surface area contributed by atoms with Crippen molar-refractivity contribution >= 4 is 51.5 Å². The van der Waals surface area contributed by atoms with Crippen LogP contribution in [0, 0.1) is 0 Å². The van der Waals surface area contributed by atoms with Crippen LogP contribution in [-0.4, -0.2) is 30.6 Å². The molecular weight excluding hydrogens is 460 g/mol. The quantitative estimate of drug-likeness (QED) is 0.341. The lowest BCUT2D eigenvalue weighted by Gasteiger charge is -2.22. The number of carbonyl (C=O) groups excluding carboxylic acids is 2. The van der Waals surface area contributed by atoms with Crippen molar-refractivity contribution in [1.82, 2.24) is 4.98 Å². The first-order valence-electron chi connectivity index (χ1n) is 11.4. The Morgan fingerprint density at radius 2 is 1.89 bits per heavy atom. The maximum Gasteiger partial charge on any atom is 0.339 e. The van der Waals surface area contributed by atoms with E-state index in [2.05, 4.69) is 17.5 Å². The molecule has 1 N–H and O–H groups in total. The van der Waals surface area contributed by atoms with E-state index < -0.39 is 18.5 Å². The number of hydrogen-bond donors (Lipinski definition) is 1. The zero-order valence-corrected chi connectivity index (χ0v) is 20.1. The Morgan fingerprint density at radius 1 is 1.06 bits per heavy atom. The molecule has 176 valence electrons. The zero-order valence-electron chi connectivity index (χ0n) is 19.2. The highest BCUT2D eigenvalue weighted by atomic mass is 32.1. The predicted molar refractivity (Wildman–Crippen MR) is 139 cm³/mol. The molecule has 5 rings (SSSR count). The summed E-state index contributed by atoms with van der Waals surface area (Å²) in [6, 6.07) is 18.7. The summed E-state index contributed by atoms with van der Waals surface area (Å²) in [4.78, 5) is 32.0. The summed E-state index contributed by atoms with van der Waals surface area (Å²) < 4.78 is 10.8. The van der Waals surface area contributed by atoms with Gasteiger partial charge in [0.15, 0.2) is 6.61 Å². The summed E-state index contributed by atoms with van der Waals surface area (Å²) in [5, 5.41) is 5.52. The van der Waals surface area contributed by atoms with Crippen molar-refractivity contribution < 1.29 is 19.1 Å². The molecule has 6 nitrogen and oxygen atoms in total. The first-order chi connectivity index (χ1) is 17.1. The van der Waals surface area contributed by atoms with Crippen LogP contribution in [0.15, 0.2) is 66.0 Å². The lowest BCUT2D eigenvalue weighted by Crippen LogP contribution is -2.22. The number of benzene rings is 2. The van der Waals surface area contributed by atoms with E-state index >= 15 is 0 Å². The number of carbonyl (C=O) groups is 2. The average molecular weight is 485 g/mol. The van der Waals surface area contributed by atoms with Crippen molar-refractivity contribution in [3.8, 4) is 5.75 Å². The molecule has 0 unspecified atom stereocenters. The standard InChI is InChI=1S/C28H24N2O4S/c1-33-24-14-5-4-13-23(24)29-25(31)17-34-28(32)26-20-10-2-3-12-22(20)30-27-18(8-6-11-21(26)27)16-19-9-7-15-35-19/h2-5,7,9-10,12-16H,6,8,11,17H2,1H3,(H,29,31). The van der Waals surface area contributed by atoms with Crippen LogP contribution in [0.25, 0.3) is 22.6 Å². The second-order valence-electron chi connectivity index (χ2n) is 8.19. The van der Waals surface area contributed by atoms with Crippen molar-refractivity contribution in [2.75, 3.05) is 19.0 Å². The van der Waals surface area contributed by atoms with Crippen LogP contribution in [0.3, 0.4) is 0 Å². The van der Waals surface area contributed by atoms with Crippen molar-refractivity contribution in [2.24, 2.45) is 0 Å². The minimum absolute atomic E-state index is 0.403. The van der Waals surface area contributed by atoms with Crippen molar-refractivity contribution in [1.29, 1.82) is 0 Å². The summed E-state index contributed by atoms with van der Waals surface area (Å²) in [7, 11) is 1.53. The van der Waals surface area contributed by atoms with Gasteiger partial charge in [0.1, 0.15) is 5.75 Å². The van der Waals surface area contributed by atoms with Gasteiger partial charge in [0, 0.05) is 10.3 Å². The van der Waals surface area contributed by atoms with Gasteiger partial charge in [-0.2, -0.15) is 0 Å². The largest absolute Gasteiger partial charge is 0.495 e. The van der Waals surface area contributed by atoms with E-state index in [4.69, 9.17) is 14.5 Å². The molecule has 2 heterocycles. The number of nitrogens with zero attached hydrogens (tertiary/aromatic N) is 1. The minimum Gasteiger partial charge on any atom is -0.495 e. The Labute approximate surface area is 207 Å². The van der Waals surface area contributed by atoms with Gasteiger partial charge in [0.2, 0.25) is 0 Å². The topological polar surface area (TPSA) is 77.5 Å². The third-order valence-corrected chi connectivity index (χ3v) is 6.77. The molecule has 1 aliphatic rings. The SMILES string of the molecule is COc1ccccc1NC(=O)COC(=O)c1c2c(nc3ccccc13)C(=Cc1cccs1)CCC2. The van der Waals surface area contributed by atoms with E-state index in [1.54, 1.807) is 29.5 Å². The van der Waals surface area contributed by atoms with Gasteiger partial charge in [-0.25, -0.2) is 9.78 Å². The van der Waals surface area contributed by atoms with Crippen LogP contribution in [0.5, 0.6) is 5.75 Å². The van der Waals surface area contributed by atoms with Gasteiger partial charge in [-0.1, -0.05) is 36.4 Å². The number of amides is 1. The lowest BCUT2D eigenvalue weighted by atomic mass is 9.86. The number of ether oxygens (including phenoxy) is 2.